The van der Waals surface area contributed by atoms with E-state index in [2.05, 4.69) is 80.9 Å². The predicted octanol–water partition coefficient (Wildman–Crippen LogP) is 5.07. The van der Waals surface area contributed by atoms with Crippen LogP contribution in [0.5, 0.6) is 5.75 Å². The van der Waals surface area contributed by atoms with Crippen molar-refractivity contribution in [1.82, 2.24) is 24.4 Å². The average molecular weight is 805 g/mol. The number of H-pyrrole nitrogens is 1. The van der Waals surface area contributed by atoms with E-state index in [-0.39, 0.29) is 40.2 Å². The van der Waals surface area contributed by atoms with Crippen LogP contribution in [0.2, 0.25) is 5.04 Å². The Bertz CT molecular complexity index is 2120. The number of aromatic nitrogens is 4. The van der Waals surface area contributed by atoms with Gasteiger partial charge in [0, 0.05) is 26.2 Å². The molecule has 1 aliphatic rings. The van der Waals surface area contributed by atoms with Gasteiger partial charge in [-0.1, -0.05) is 97.4 Å². The highest BCUT2D eigenvalue weighted by Crippen LogP contribution is 2.41. The Hall–Kier alpha value is -5.23. The van der Waals surface area contributed by atoms with Gasteiger partial charge in [0.2, 0.25) is 5.95 Å². The number of carbonyl (C=O) groups is 1. The number of ether oxygens (including phenoxy) is 3. The number of nitro benzene ring substituents is 1. The summed E-state index contributed by atoms with van der Waals surface area (Å²) < 4.78 is 26.7. The maximum absolute atomic E-state index is 13.3. The molecule has 0 spiro atoms. The summed E-state index contributed by atoms with van der Waals surface area (Å²) in [6.07, 6.45) is -1.00. The SMILES string of the molecule is CN(C)/C=N/c1nc2c(ncn2[C@@H]2O[C@H](CO[Si](c3ccccc3)(c3ccccc3)C(C)(C)C)[C@H](Br)[C@H]2OC(=O)Oc2ccc([N+](=O)[O-])cc2)c(=O)[nH]1. The molecule has 2 aromatic heterocycles. The van der Waals surface area contributed by atoms with E-state index in [9.17, 15) is 19.7 Å². The van der Waals surface area contributed by atoms with Gasteiger partial charge in [-0.25, -0.2) is 14.8 Å². The Kier molecular flexibility index (Phi) is 10.9. The lowest BCUT2D eigenvalue weighted by atomic mass is 10.2. The Balaban J connectivity index is 1.37. The summed E-state index contributed by atoms with van der Waals surface area (Å²) >= 11 is 3.75. The minimum Gasteiger partial charge on any atom is -0.425 e. The fourth-order valence-electron chi connectivity index (χ4n) is 6.35. The number of aromatic amines is 1. The number of non-ortho nitro benzene ring substituents is 1. The fourth-order valence-corrected chi connectivity index (χ4v) is 11.6. The molecule has 6 rings (SSSR count). The maximum atomic E-state index is 13.3. The number of carbonyl (C=O) groups excluding carboxylic acids is 1. The van der Waals surface area contributed by atoms with Crippen molar-refractivity contribution in [3.8, 4) is 5.75 Å². The van der Waals surface area contributed by atoms with Gasteiger partial charge < -0.3 is 23.5 Å². The molecule has 17 heteroatoms. The standard InChI is InChI=1S/C36H38BrN7O8Si/c1-36(2,3)53(25-12-8-6-9-13-25,26-14-10-7-11-15-26)49-20-27-28(37)30(52-35(46)50-24-18-16-23(17-19-24)44(47)48)33(51-27)43-22-38-29-31(43)40-34(41-32(29)45)39-21-42(4)5/h6-19,21-22,27-28,30,33H,20H2,1-5H3,(H,40,41,45)/b39-21+/t27-,28+,30-,33-/m1/s1. The number of imidazole rings is 1. The Labute approximate surface area is 314 Å². The summed E-state index contributed by atoms with van der Waals surface area (Å²) in [5.41, 5.74) is -0.504. The predicted molar refractivity (Wildman–Crippen MR) is 204 cm³/mol. The van der Waals surface area contributed by atoms with Crippen molar-refractivity contribution < 1.29 is 28.4 Å². The lowest BCUT2D eigenvalue weighted by Crippen LogP contribution is -2.67. The molecule has 5 aromatic rings. The van der Waals surface area contributed by atoms with E-state index in [0.29, 0.717) is 0 Å². The zero-order chi connectivity index (χ0) is 37.9. The van der Waals surface area contributed by atoms with Crippen molar-refractivity contribution in [1.29, 1.82) is 0 Å². The molecule has 4 atom stereocenters. The van der Waals surface area contributed by atoms with Gasteiger partial charge in [0.25, 0.3) is 19.6 Å². The first kappa shape index (κ1) is 37.5. The van der Waals surface area contributed by atoms with Gasteiger partial charge in [-0.15, -0.1) is 0 Å². The van der Waals surface area contributed by atoms with E-state index in [4.69, 9.17) is 18.6 Å². The average Bonchev–Trinajstić information content (AvgIpc) is 3.68. The first-order valence-corrected chi connectivity index (χ1v) is 19.5. The van der Waals surface area contributed by atoms with E-state index in [1.807, 2.05) is 36.4 Å². The van der Waals surface area contributed by atoms with E-state index in [0.717, 1.165) is 10.4 Å². The van der Waals surface area contributed by atoms with Crippen molar-refractivity contribution in [2.24, 2.45) is 4.99 Å². The zero-order valence-electron chi connectivity index (χ0n) is 29.6. The molecule has 0 saturated carbocycles. The number of rotatable bonds is 11. The molecule has 53 heavy (non-hydrogen) atoms. The largest absolute Gasteiger partial charge is 0.514 e. The van der Waals surface area contributed by atoms with Gasteiger partial charge in [0.1, 0.15) is 5.75 Å². The molecule has 0 radical (unpaired) electrons. The molecule has 276 valence electrons. The maximum Gasteiger partial charge on any atom is 0.514 e. The van der Waals surface area contributed by atoms with Crippen LogP contribution in [-0.2, 0) is 13.9 Å². The van der Waals surface area contributed by atoms with Gasteiger partial charge in [-0.05, 0) is 27.5 Å². The number of hydrogen-bond acceptors (Lipinski definition) is 11. The lowest BCUT2D eigenvalue weighted by Gasteiger charge is -2.43. The van der Waals surface area contributed by atoms with Crippen LogP contribution in [0.25, 0.3) is 11.2 Å². The third-order valence-corrected chi connectivity index (χ3v) is 14.8. The van der Waals surface area contributed by atoms with Crippen molar-refractivity contribution in [3.63, 3.8) is 0 Å². The quantitative estimate of drug-likeness (QED) is 0.0276. The summed E-state index contributed by atoms with van der Waals surface area (Å²) in [5, 5.41) is 12.9. The van der Waals surface area contributed by atoms with Gasteiger partial charge >= 0.3 is 6.16 Å². The third kappa shape index (κ3) is 7.78. The smallest absolute Gasteiger partial charge is 0.425 e. The molecule has 1 aliphatic heterocycles. The first-order valence-electron chi connectivity index (χ1n) is 16.6. The summed E-state index contributed by atoms with van der Waals surface area (Å²) in [5.74, 6) is 0.0754. The van der Waals surface area contributed by atoms with Gasteiger partial charge in [-0.2, -0.15) is 4.98 Å². The molecule has 0 aliphatic carbocycles. The Morgan fingerprint density at radius 1 is 1.08 bits per heavy atom. The van der Waals surface area contributed by atoms with Crippen LogP contribution in [0.15, 0.2) is 101 Å². The van der Waals surface area contributed by atoms with E-state index in [1.54, 1.807) is 19.0 Å². The van der Waals surface area contributed by atoms with E-state index in [1.165, 1.54) is 41.5 Å². The summed E-state index contributed by atoms with van der Waals surface area (Å²) in [4.78, 5) is 53.6. The minimum absolute atomic E-state index is 0.0303. The molecular formula is C36H38BrN7O8Si. The van der Waals surface area contributed by atoms with E-state index >= 15 is 0 Å². The second-order valence-electron chi connectivity index (χ2n) is 13.6. The zero-order valence-corrected chi connectivity index (χ0v) is 32.2. The molecule has 0 unspecified atom stereocenters. The van der Waals surface area contributed by atoms with Gasteiger partial charge in [0.05, 0.1) is 35.1 Å². The highest BCUT2D eigenvalue weighted by Gasteiger charge is 2.53. The van der Waals surface area contributed by atoms with Gasteiger partial charge in [-0.3, -0.25) is 24.5 Å². The summed E-state index contributed by atoms with van der Waals surface area (Å²) in [7, 11) is 0.547. The molecule has 0 bridgehead atoms. The van der Waals surface area contributed by atoms with Crippen molar-refractivity contribution in [2.45, 2.75) is 49.1 Å². The van der Waals surface area contributed by atoms with Gasteiger partial charge in [0.15, 0.2) is 23.5 Å². The number of halogens is 1. The number of alkyl halides is 1. The van der Waals surface area contributed by atoms with Crippen LogP contribution in [-0.4, -0.2) is 87.9 Å². The second-order valence-corrected chi connectivity index (χ2v) is 19.0. The molecule has 1 N–H and O–H groups in total. The fraction of sp³-hybridized carbons (Fsp3) is 0.306. The molecule has 15 nitrogen and oxygen atoms in total. The van der Waals surface area contributed by atoms with Crippen LogP contribution < -0.4 is 20.7 Å². The summed E-state index contributed by atoms with van der Waals surface area (Å²) in [6.45, 7) is 6.59. The minimum atomic E-state index is -3.01. The normalized spacial score (nSPS) is 19.1. The molecule has 3 aromatic carbocycles. The lowest BCUT2D eigenvalue weighted by molar-refractivity contribution is -0.384. The van der Waals surface area contributed by atoms with Crippen LogP contribution in [0.4, 0.5) is 16.4 Å². The number of nitro groups is 1. The Morgan fingerprint density at radius 3 is 2.26 bits per heavy atom. The molecule has 1 saturated heterocycles. The van der Waals surface area contributed by atoms with Crippen molar-refractivity contribution in [2.75, 3.05) is 20.7 Å². The third-order valence-electron chi connectivity index (χ3n) is 8.73. The van der Waals surface area contributed by atoms with Crippen LogP contribution in [0.3, 0.4) is 0 Å². The molecular weight excluding hydrogens is 766 g/mol. The number of fused-ring (bicyclic) bond motifs is 1. The Morgan fingerprint density at radius 2 is 1.70 bits per heavy atom. The molecule has 1 fully saturated rings. The summed E-state index contributed by atoms with van der Waals surface area (Å²) in [6, 6.07) is 25.3. The monoisotopic (exact) mass is 803 g/mol. The van der Waals surface area contributed by atoms with Crippen molar-refractivity contribution in [3.05, 3.63) is 112 Å². The topological polar surface area (TPSA) is 176 Å². The molecule has 0 amide bonds. The van der Waals surface area contributed by atoms with Crippen LogP contribution >= 0.6 is 15.9 Å². The molecule has 3 heterocycles. The van der Waals surface area contributed by atoms with Crippen LogP contribution in [0.1, 0.15) is 27.0 Å². The highest BCUT2D eigenvalue weighted by atomic mass is 79.9. The van der Waals surface area contributed by atoms with Crippen LogP contribution in [0, 0.1) is 10.1 Å². The second kappa shape index (κ2) is 15.4. The number of hydrogen-bond donors (Lipinski definition) is 1. The van der Waals surface area contributed by atoms with Crippen molar-refractivity contribution >= 4 is 69.9 Å². The number of nitrogens with one attached hydrogen (secondary N) is 1. The number of benzene rings is 3. The highest BCUT2D eigenvalue weighted by molar-refractivity contribution is 9.09. The van der Waals surface area contributed by atoms with E-state index < -0.39 is 48.2 Å². The number of nitrogens with zero attached hydrogens (tertiary/aromatic N) is 6. The number of aliphatic imine (C=N–C) groups is 1. The first-order chi connectivity index (χ1) is 25.3.